The number of morpholine rings is 1. The van der Waals surface area contributed by atoms with Crippen molar-refractivity contribution in [2.24, 2.45) is 5.92 Å². The van der Waals surface area contributed by atoms with Crippen LogP contribution >= 0.6 is 11.3 Å². The Labute approximate surface area is 153 Å². The van der Waals surface area contributed by atoms with Gasteiger partial charge in [-0.2, -0.15) is 0 Å². The Morgan fingerprint density at radius 3 is 2.56 bits per heavy atom. The van der Waals surface area contributed by atoms with Gasteiger partial charge in [0.25, 0.3) is 0 Å². The third-order valence-corrected chi connectivity index (χ3v) is 6.03. The lowest BCUT2D eigenvalue weighted by Crippen LogP contribution is -2.49. The van der Waals surface area contributed by atoms with Gasteiger partial charge in [-0.3, -0.25) is 4.79 Å². The second-order valence-electron chi connectivity index (χ2n) is 6.62. The Bertz CT molecular complexity index is 564. The Morgan fingerprint density at radius 2 is 1.96 bits per heavy atom. The summed E-state index contributed by atoms with van der Waals surface area (Å²) in [6.07, 6.45) is 2.37. The summed E-state index contributed by atoms with van der Waals surface area (Å²) in [6.45, 7) is 6.03. The second-order valence-corrected chi connectivity index (χ2v) is 7.60. The van der Waals surface area contributed by atoms with Crippen LogP contribution in [0.15, 0.2) is 17.5 Å². The summed E-state index contributed by atoms with van der Waals surface area (Å²) in [4.78, 5) is 30.1. The first-order valence-corrected chi connectivity index (χ1v) is 10.0. The first-order chi connectivity index (χ1) is 12.2. The van der Waals surface area contributed by atoms with Crippen molar-refractivity contribution in [1.82, 2.24) is 15.1 Å². The summed E-state index contributed by atoms with van der Waals surface area (Å²) < 4.78 is 5.31. The zero-order chi connectivity index (χ0) is 17.6. The van der Waals surface area contributed by atoms with Gasteiger partial charge >= 0.3 is 6.03 Å². The molecule has 0 spiro atoms. The number of rotatable bonds is 4. The van der Waals surface area contributed by atoms with Crippen molar-refractivity contribution in [3.8, 4) is 0 Å². The first kappa shape index (κ1) is 18.2. The molecule has 1 unspecified atom stereocenters. The van der Waals surface area contributed by atoms with Gasteiger partial charge in [0.2, 0.25) is 5.91 Å². The standard InChI is InChI=1S/C18H27N3O3S/c1-2-15(16-4-3-13-25-16)19-18(23)21-7-5-14(6-8-21)17(22)20-9-11-24-12-10-20/h3-4,13-15H,2,5-12H2,1H3,(H,19,23). The second kappa shape index (κ2) is 8.67. The number of ether oxygens (including phenoxy) is 1. The highest BCUT2D eigenvalue weighted by Gasteiger charge is 2.31. The van der Waals surface area contributed by atoms with Crippen molar-refractivity contribution >= 4 is 23.3 Å². The number of amides is 3. The number of carbonyl (C=O) groups excluding carboxylic acids is 2. The fourth-order valence-corrected chi connectivity index (χ4v) is 4.34. The molecule has 3 heterocycles. The number of nitrogens with one attached hydrogen (secondary N) is 1. The van der Waals surface area contributed by atoms with Gasteiger partial charge < -0.3 is 19.9 Å². The monoisotopic (exact) mass is 365 g/mol. The molecule has 3 amide bonds. The van der Waals surface area contributed by atoms with Crippen molar-refractivity contribution in [2.75, 3.05) is 39.4 Å². The molecule has 0 saturated carbocycles. The van der Waals surface area contributed by atoms with E-state index in [1.807, 2.05) is 21.2 Å². The molecule has 25 heavy (non-hydrogen) atoms. The van der Waals surface area contributed by atoms with E-state index >= 15 is 0 Å². The molecular weight excluding hydrogens is 338 g/mol. The lowest BCUT2D eigenvalue weighted by Gasteiger charge is -2.36. The molecule has 1 N–H and O–H groups in total. The van der Waals surface area contributed by atoms with Gasteiger partial charge in [0, 0.05) is 37.0 Å². The van der Waals surface area contributed by atoms with E-state index in [4.69, 9.17) is 4.74 Å². The Hall–Kier alpha value is -1.60. The molecule has 2 aliphatic rings. The minimum atomic E-state index is -0.0162. The zero-order valence-electron chi connectivity index (χ0n) is 14.8. The maximum atomic E-state index is 12.6. The molecule has 1 aromatic rings. The maximum Gasteiger partial charge on any atom is 0.317 e. The van der Waals surface area contributed by atoms with E-state index in [-0.39, 0.29) is 23.9 Å². The number of urea groups is 1. The van der Waals surface area contributed by atoms with Gasteiger partial charge in [-0.15, -0.1) is 11.3 Å². The van der Waals surface area contributed by atoms with Crippen LogP contribution < -0.4 is 5.32 Å². The highest BCUT2D eigenvalue weighted by atomic mass is 32.1. The van der Waals surface area contributed by atoms with E-state index in [1.165, 1.54) is 4.88 Å². The summed E-state index contributed by atoms with van der Waals surface area (Å²) in [7, 11) is 0. The van der Waals surface area contributed by atoms with Crippen molar-refractivity contribution in [1.29, 1.82) is 0 Å². The summed E-state index contributed by atoms with van der Waals surface area (Å²) in [5.41, 5.74) is 0. The molecule has 2 aliphatic heterocycles. The lowest BCUT2D eigenvalue weighted by molar-refractivity contribution is -0.141. The topological polar surface area (TPSA) is 61.9 Å². The first-order valence-electron chi connectivity index (χ1n) is 9.14. The lowest BCUT2D eigenvalue weighted by atomic mass is 9.95. The number of likely N-dealkylation sites (tertiary alicyclic amines) is 1. The largest absolute Gasteiger partial charge is 0.378 e. The van der Waals surface area contributed by atoms with Crippen LogP contribution in [0.25, 0.3) is 0 Å². The third kappa shape index (κ3) is 4.52. The molecule has 1 atom stereocenters. The summed E-state index contributed by atoms with van der Waals surface area (Å²) >= 11 is 1.67. The van der Waals surface area contributed by atoms with Crippen molar-refractivity contribution in [3.63, 3.8) is 0 Å². The maximum absolute atomic E-state index is 12.6. The average molecular weight is 365 g/mol. The van der Waals surface area contributed by atoms with Crippen molar-refractivity contribution < 1.29 is 14.3 Å². The predicted molar refractivity (Wildman–Crippen MR) is 97.6 cm³/mol. The van der Waals surface area contributed by atoms with Crippen LogP contribution in [-0.4, -0.2) is 61.1 Å². The molecule has 0 aromatic carbocycles. The Balaban J connectivity index is 1.48. The predicted octanol–water partition coefficient (Wildman–Crippen LogP) is 2.48. The van der Waals surface area contributed by atoms with Crippen LogP contribution in [-0.2, 0) is 9.53 Å². The van der Waals surface area contributed by atoms with Gasteiger partial charge in [-0.25, -0.2) is 4.79 Å². The van der Waals surface area contributed by atoms with Gasteiger partial charge in [-0.05, 0) is 30.7 Å². The van der Waals surface area contributed by atoms with Crippen LogP contribution in [0.1, 0.15) is 37.1 Å². The third-order valence-electron chi connectivity index (χ3n) is 5.05. The molecule has 0 bridgehead atoms. The van der Waals surface area contributed by atoms with E-state index < -0.39 is 0 Å². The SMILES string of the molecule is CCC(NC(=O)N1CCC(C(=O)N2CCOCC2)CC1)c1cccs1. The van der Waals surface area contributed by atoms with E-state index in [2.05, 4.69) is 18.3 Å². The van der Waals surface area contributed by atoms with Crippen molar-refractivity contribution in [2.45, 2.75) is 32.2 Å². The average Bonchev–Trinajstić information content (AvgIpc) is 3.20. The van der Waals surface area contributed by atoms with Crippen LogP contribution in [0.2, 0.25) is 0 Å². The van der Waals surface area contributed by atoms with E-state index in [0.29, 0.717) is 39.4 Å². The fraction of sp³-hybridized carbons (Fsp3) is 0.667. The quantitative estimate of drug-likeness (QED) is 0.892. The molecule has 0 aliphatic carbocycles. The van der Waals surface area contributed by atoms with Crippen LogP contribution in [0.4, 0.5) is 4.79 Å². The van der Waals surface area contributed by atoms with Gasteiger partial charge in [0.15, 0.2) is 0 Å². The highest BCUT2D eigenvalue weighted by molar-refractivity contribution is 7.10. The van der Waals surface area contributed by atoms with Gasteiger partial charge in [0.1, 0.15) is 0 Å². The van der Waals surface area contributed by atoms with Crippen LogP contribution in [0, 0.1) is 5.92 Å². The summed E-state index contributed by atoms with van der Waals surface area (Å²) in [5, 5.41) is 5.17. The highest BCUT2D eigenvalue weighted by Crippen LogP contribution is 2.24. The minimum Gasteiger partial charge on any atom is -0.378 e. The molecule has 7 heteroatoms. The molecule has 2 saturated heterocycles. The number of piperidine rings is 1. The van der Waals surface area contributed by atoms with Crippen LogP contribution in [0.5, 0.6) is 0 Å². The Morgan fingerprint density at radius 1 is 1.24 bits per heavy atom. The van der Waals surface area contributed by atoms with E-state index in [9.17, 15) is 9.59 Å². The number of nitrogens with zero attached hydrogens (tertiary/aromatic N) is 2. The molecule has 0 radical (unpaired) electrons. The fourth-order valence-electron chi connectivity index (χ4n) is 3.48. The molecule has 3 rings (SSSR count). The molecule has 1 aromatic heterocycles. The number of hydrogen-bond acceptors (Lipinski definition) is 4. The molecule has 2 fully saturated rings. The van der Waals surface area contributed by atoms with Gasteiger partial charge in [-0.1, -0.05) is 13.0 Å². The van der Waals surface area contributed by atoms with Gasteiger partial charge in [0.05, 0.1) is 19.3 Å². The van der Waals surface area contributed by atoms with Crippen LogP contribution in [0.3, 0.4) is 0 Å². The number of thiophene rings is 1. The minimum absolute atomic E-state index is 0.0162. The normalized spacial score (nSPS) is 20.4. The number of carbonyl (C=O) groups is 2. The smallest absolute Gasteiger partial charge is 0.317 e. The Kier molecular flexibility index (Phi) is 6.31. The summed E-state index contributed by atoms with van der Waals surface area (Å²) in [5.74, 6) is 0.273. The van der Waals surface area contributed by atoms with Crippen molar-refractivity contribution in [3.05, 3.63) is 22.4 Å². The zero-order valence-corrected chi connectivity index (χ0v) is 15.6. The molecule has 6 nitrogen and oxygen atoms in total. The summed E-state index contributed by atoms with van der Waals surface area (Å²) in [6, 6.07) is 4.13. The van der Waals surface area contributed by atoms with E-state index in [1.54, 1.807) is 11.3 Å². The number of hydrogen-bond donors (Lipinski definition) is 1. The molecule has 138 valence electrons. The van der Waals surface area contributed by atoms with E-state index in [0.717, 1.165) is 19.3 Å². The molecular formula is C18H27N3O3S.